The number of hydrogen-bond donors (Lipinski definition) is 2. The summed E-state index contributed by atoms with van der Waals surface area (Å²) in [6, 6.07) is 0. The Balaban J connectivity index is 2.86. The lowest BCUT2D eigenvalue weighted by atomic mass is 9.76. The molecule has 0 aliphatic heterocycles. The Morgan fingerprint density at radius 1 is 1.00 bits per heavy atom. The van der Waals surface area contributed by atoms with Crippen molar-refractivity contribution in [2.45, 2.75) is 51.4 Å². The molecule has 6 heteroatoms. The maximum absolute atomic E-state index is 12.1. The van der Waals surface area contributed by atoms with Crippen LogP contribution in [0.5, 0.6) is 0 Å². The third kappa shape index (κ3) is 4.18. The second-order valence-corrected chi connectivity index (χ2v) is 5.88. The molecule has 6 nitrogen and oxygen atoms in total. The van der Waals surface area contributed by atoms with Crippen LogP contribution < -0.4 is 0 Å². The number of ether oxygens (including phenoxy) is 2. The molecular weight excluding hydrogens is 252 g/mol. The normalized spacial score (nSPS) is 31.7. The van der Waals surface area contributed by atoms with Crippen LogP contribution in [0.1, 0.15) is 33.6 Å². The number of aliphatic hydroxyl groups is 2. The minimum Gasteiger partial charge on any atom is -0.469 e. The Morgan fingerprint density at radius 3 is 1.79 bits per heavy atom. The van der Waals surface area contributed by atoms with Crippen molar-refractivity contribution in [3.8, 4) is 0 Å². The molecule has 0 bridgehead atoms. The van der Waals surface area contributed by atoms with Gasteiger partial charge in [0.15, 0.2) is 0 Å². The van der Waals surface area contributed by atoms with Gasteiger partial charge in [-0.15, -0.1) is 0 Å². The molecule has 110 valence electrons. The summed E-state index contributed by atoms with van der Waals surface area (Å²) < 4.78 is 9.89. The van der Waals surface area contributed by atoms with Crippen LogP contribution in [0.3, 0.4) is 0 Å². The molecule has 0 aromatic heterocycles. The van der Waals surface area contributed by atoms with E-state index in [1.54, 1.807) is 20.8 Å². The van der Waals surface area contributed by atoms with Crippen LogP contribution in [0.25, 0.3) is 0 Å². The smallest absolute Gasteiger partial charge is 0.310 e. The van der Waals surface area contributed by atoms with Gasteiger partial charge in [0.25, 0.3) is 0 Å². The average Bonchev–Trinajstić information content (AvgIpc) is 2.28. The summed E-state index contributed by atoms with van der Waals surface area (Å²) in [5.74, 6) is -2.68. The van der Waals surface area contributed by atoms with E-state index in [0.29, 0.717) is 0 Å². The molecular formula is C13H22O6. The molecule has 0 aromatic rings. The lowest BCUT2D eigenvalue weighted by Crippen LogP contribution is -2.46. The lowest BCUT2D eigenvalue weighted by Gasteiger charge is -2.35. The van der Waals surface area contributed by atoms with Crippen molar-refractivity contribution in [2.75, 3.05) is 7.11 Å². The predicted molar refractivity (Wildman–Crippen MR) is 66.1 cm³/mol. The minimum absolute atomic E-state index is 0.00223. The van der Waals surface area contributed by atoms with Gasteiger partial charge >= 0.3 is 11.9 Å². The number of esters is 2. The van der Waals surface area contributed by atoms with E-state index in [-0.39, 0.29) is 12.8 Å². The van der Waals surface area contributed by atoms with Gasteiger partial charge in [0, 0.05) is 0 Å². The highest BCUT2D eigenvalue weighted by molar-refractivity contribution is 5.82. The predicted octanol–water partition coefficient (Wildman–Crippen LogP) is 0.249. The topological polar surface area (TPSA) is 93.1 Å². The first kappa shape index (κ1) is 15.9. The average molecular weight is 274 g/mol. The molecule has 1 aliphatic rings. The van der Waals surface area contributed by atoms with Crippen LogP contribution in [-0.2, 0) is 19.1 Å². The van der Waals surface area contributed by atoms with Gasteiger partial charge in [0.2, 0.25) is 0 Å². The first-order valence-corrected chi connectivity index (χ1v) is 6.32. The molecule has 1 saturated carbocycles. The van der Waals surface area contributed by atoms with Gasteiger partial charge in [-0.25, -0.2) is 0 Å². The van der Waals surface area contributed by atoms with E-state index < -0.39 is 41.6 Å². The number of carbonyl (C=O) groups excluding carboxylic acids is 2. The van der Waals surface area contributed by atoms with E-state index in [9.17, 15) is 19.8 Å². The Labute approximate surface area is 112 Å². The number of methoxy groups -OCH3 is 1. The van der Waals surface area contributed by atoms with Crippen molar-refractivity contribution in [1.82, 2.24) is 0 Å². The van der Waals surface area contributed by atoms with E-state index in [2.05, 4.69) is 4.74 Å². The van der Waals surface area contributed by atoms with Gasteiger partial charge in [0.05, 0.1) is 31.2 Å². The summed E-state index contributed by atoms with van der Waals surface area (Å²) in [5.41, 5.74) is -0.668. The maximum Gasteiger partial charge on any atom is 0.310 e. The molecule has 1 fully saturated rings. The summed E-state index contributed by atoms with van der Waals surface area (Å²) in [4.78, 5) is 23.8. The van der Waals surface area contributed by atoms with Crippen molar-refractivity contribution in [3.63, 3.8) is 0 Å². The number of rotatable bonds is 2. The Morgan fingerprint density at radius 2 is 1.42 bits per heavy atom. The van der Waals surface area contributed by atoms with Gasteiger partial charge in [-0.05, 0) is 33.6 Å². The zero-order chi connectivity index (χ0) is 14.8. The van der Waals surface area contributed by atoms with Gasteiger partial charge < -0.3 is 19.7 Å². The summed E-state index contributed by atoms with van der Waals surface area (Å²) in [7, 11) is 1.23. The van der Waals surface area contributed by atoms with Crippen molar-refractivity contribution in [2.24, 2.45) is 11.8 Å². The van der Waals surface area contributed by atoms with Crippen molar-refractivity contribution < 1.29 is 29.3 Å². The molecule has 0 aromatic carbocycles. The third-order valence-corrected chi connectivity index (χ3v) is 3.13. The van der Waals surface area contributed by atoms with Crippen LogP contribution in [0.15, 0.2) is 0 Å². The molecule has 1 aliphatic carbocycles. The molecule has 0 unspecified atom stereocenters. The molecule has 0 amide bonds. The molecule has 2 N–H and O–H groups in total. The quantitative estimate of drug-likeness (QED) is 0.701. The fourth-order valence-corrected chi connectivity index (χ4v) is 2.21. The Bertz CT molecular complexity index is 346. The number of carbonyl (C=O) groups is 2. The van der Waals surface area contributed by atoms with Crippen LogP contribution in [0, 0.1) is 11.8 Å². The molecule has 0 radical (unpaired) electrons. The molecule has 0 heterocycles. The zero-order valence-corrected chi connectivity index (χ0v) is 11.8. The zero-order valence-electron chi connectivity index (χ0n) is 11.8. The van der Waals surface area contributed by atoms with E-state index in [0.717, 1.165) is 0 Å². The molecule has 4 atom stereocenters. The van der Waals surface area contributed by atoms with Crippen LogP contribution in [0.4, 0.5) is 0 Å². The van der Waals surface area contributed by atoms with Gasteiger partial charge in [0.1, 0.15) is 5.60 Å². The molecule has 0 saturated heterocycles. The highest BCUT2D eigenvalue weighted by Gasteiger charge is 2.45. The largest absolute Gasteiger partial charge is 0.469 e. The Hall–Kier alpha value is -1.14. The first-order chi connectivity index (χ1) is 8.65. The van der Waals surface area contributed by atoms with Crippen molar-refractivity contribution >= 4 is 11.9 Å². The van der Waals surface area contributed by atoms with Crippen molar-refractivity contribution in [3.05, 3.63) is 0 Å². The summed E-state index contributed by atoms with van der Waals surface area (Å²) in [6.07, 6.45) is -2.06. The second-order valence-electron chi connectivity index (χ2n) is 5.88. The van der Waals surface area contributed by atoms with Gasteiger partial charge in [-0.1, -0.05) is 0 Å². The van der Waals surface area contributed by atoms with E-state index >= 15 is 0 Å². The van der Waals surface area contributed by atoms with Gasteiger partial charge in [-0.2, -0.15) is 0 Å². The highest BCUT2D eigenvalue weighted by Crippen LogP contribution is 2.33. The van der Waals surface area contributed by atoms with Gasteiger partial charge in [-0.3, -0.25) is 9.59 Å². The summed E-state index contributed by atoms with van der Waals surface area (Å²) in [5, 5.41) is 19.3. The van der Waals surface area contributed by atoms with Crippen LogP contribution >= 0.6 is 0 Å². The SMILES string of the molecule is COC(=O)[C@H]1C[C@H](O)[C@H](O)C[C@@H]1C(=O)OC(C)(C)C. The van der Waals surface area contributed by atoms with E-state index in [1.807, 2.05) is 0 Å². The summed E-state index contributed by atoms with van der Waals surface area (Å²) in [6.45, 7) is 5.18. The molecule has 19 heavy (non-hydrogen) atoms. The number of hydrogen-bond acceptors (Lipinski definition) is 6. The maximum atomic E-state index is 12.1. The van der Waals surface area contributed by atoms with Crippen LogP contribution in [0.2, 0.25) is 0 Å². The third-order valence-electron chi connectivity index (χ3n) is 3.13. The van der Waals surface area contributed by atoms with E-state index in [1.165, 1.54) is 7.11 Å². The van der Waals surface area contributed by atoms with Crippen molar-refractivity contribution in [1.29, 1.82) is 0 Å². The highest BCUT2D eigenvalue weighted by atomic mass is 16.6. The first-order valence-electron chi connectivity index (χ1n) is 6.32. The lowest BCUT2D eigenvalue weighted by molar-refractivity contribution is -0.175. The van der Waals surface area contributed by atoms with Crippen LogP contribution in [-0.4, -0.2) is 47.1 Å². The molecule has 0 spiro atoms. The monoisotopic (exact) mass is 274 g/mol. The fourth-order valence-electron chi connectivity index (χ4n) is 2.21. The standard InChI is InChI=1S/C13H22O6/c1-13(2,3)19-12(17)8-6-10(15)9(14)5-7(8)11(16)18-4/h7-10,14-15H,5-6H2,1-4H3/t7-,8-,9-,10+/m0/s1. The molecule has 1 rings (SSSR count). The number of aliphatic hydroxyl groups excluding tert-OH is 2. The Kier molecular flexibility index (Phi) is 4.92. The minimum atomic E-state index is -1.03. The fraction of sp³-hybridized carbons (Fsp3) is 0.846. The second kappa shape index (κ2) is 5.88. The van der Waals surface area contributed by atoms with E-state index in [4.69, 9.17) is 4.74 Å². The summed E-state index contributed by atoms with van der Waals surface area (Å²) >= 11 is 0.